The average molecular weight is 612 g/mol. The fourth-order valence-corrected chi connectivity index (χ4v) is 7.00. The van der Waals surface area contributed by atoms with Gasteiger partial charge in [0.2, 0.25) is 11.8 Å². The molecular formula is C32H38ClN3O5S. The molecule has 2 amide bonds. The summed E-state index contributed by atoms with van der Waals surface area (Å²) in [6.07, 6.45) is 4.28. The number of methoxy groups -OCH3 is 1. The van der Waals surface area contributed by atoms with Crippen LogP contribution in [0.4, 0.5) is 5.69 Å². The van der Waals surface area contributed by atoms with Gasteiger partial charge in [0, 0.05) is 17.6 Å². The highest BCUT2D eigenvalue weighted by atomic mass is 35.5. The zero-order valence-electron chi connectivity index (χ0n) is 24.3. The van der Waals surface area contributed by atoms with Crippen LogP contribution in [0.15, 0.2) is 77.7 Å². The second-order valence-electron chi connectivity index (χ2n) is 10.5. The predicted molar refractivity (Wildman–Crippen MR) is 165 cm³/mol. The Morgan fingerprint density at radius 1 is 1.02 bits per heavy atom. The van der Waals surface area contributed by atoms with E-state index in [0.717, 1.165) is 35.6 Å². The van der Waals surface area contributed by atoms with Crippen molar-refractivity contribution in [3.8, 4) is 5.75 Å². The van der Waals surface area contributed by atoms with Crippen LogP contribution < -0.4 is 14.4 Å². The van der Waals surface area contributed by atoms with Gasteiger partial charge in [0.05, 0.1) is 17.7 Å². The summed E-state index contributed by atoms with van der Waals surface area (Å²) in [5.41, 5.74) is 1.69. The van der Waals surface area contributed by atoms with Crippen molar-refractivity contribution in [2.45, 2.75) is 69.5 Å². The van der Waals surface area contributed by atoms with E-state index in [9.17, 15) is 18.0 Å². The standard InChI is InChI=1S/C32H38ClN3O5S/c1-4-29(32(38)34-26-12-8-9-13-26)35(21-24-11-10-14-27(19-24)41-3)31(37)22-36(30-20-25(33)18-17-23(30)2)42(39,40)28-15-6-5-7-16-28/h5-7,10-11,14-20,26,29H,4,8-9,12-13,21-22H2,1-3H3,(H,34,38)/t29-/m1/s1. The quantitative estimate of drug-likeness (QED) is 0.283. The van der Waals surface area contributed by atoms with Gasteiger partial charge in [-0.2, -0.15) is 0 Å². The van der Waals surface area contributed by atoms with Crippen LogP contribution >= 0.6 is 11.6 Å². The summed E-state index contributed by atoms with van der Waals surface area (Å²) in [5, 5.41) is 3.46. The molecule has 224 valence electrons. The predicted octanol–water partition coefficient (Wildman–Crippen LogP) is 5.72. The van der Waals surface area contributed by atoms with Crippen LogP contribution in [-0.4, -0.2) is 50.9 Å². The lowest BCUT2D eigenvalue weighted by Gasteiger charge is -2.34. The van der Waals surface area contributed by atoms with Crippen molar-refractivity contribution < 1.29 is 22.7 Å². The number of carbonyl (C=O) groups excluding carboxylic acids is 2. The number of nitrogens with one attached hydrogen (secondary N) is 1. The second kappa shape index (κ2) is 14.1. The summed E-state index contributed by atoms with van der Waals surface area (Å²) in [5.74, 6) is -0.131. The van der Waals surface area contributed by atoms with Crippen LogP contribution in [0.1, 0.15) is 50.2 Å². The van der Waals surface area contributed by atoms with Crippen LogP contribution in [0.25, 0.3) is 0 Å². The zero-order valence-corrected chi connectivity index (χ0v) is 25.8. The van der Waals surface area contributed by atoms with Gasteiger partial charge < -0.3 is 15.0 Å². The summed E-state index contributed by atoms with van der Waals surface area (Å²) in [6.45, 7) is 3.20. The molecule has 0 radical (unpaired) electrons. The highest BCUT2D eigenvalue weighted by molar-refractivity contribution is 7.92. The van der Waals surface area contributed by atoms with Gasteiger partial charge in [-0.25, -0.2) is 8.42 Å². The molecule has 0 aliphatic heterocycles. The molecule has 0 spiro atoms. The van der Waals surface area contributed by atoms with E-state index in [4.69, 9.17) is 16.3 Å². The Bertz CT molecular complexity index is 1490. The minimum Gasteiger partial charge on any atom is -0.497 e. The lowest BCUT2D eigenvalue weighted by atomic mass is 10.1. The summed E-state index contributed by atoms with van der Waals surface area (Å²) in [7, 11) is -2.61. The van der Waals surface area contributed by atoms with E-state index in [0.29, 0.717) is 28.4 Å². The smallest absolute Gasteiger partial charge is 0.264 e. The topological polar surface area (TPSA) is 96.0 Å². The number of nitrogens with zero attached hydrogens (tertiary/aromatic N) is 2. The van der Waals surface area contributed by atoms with Crippen molar-refractivity contribution in [2.24, 2.45) is 0 Å². The minimum atomic E-state index is -4.17. The zero-order chi connectivity index (χ0) is 30.3. The fraction of sp³-hybridized carbons (Fsp3) is 0.375. The average Bonchev–Trinajstić information content (AvgIpc) is 3.50. The van der Waals surface area contributed by atoms with Gasteiger partial charge in [0.15, 0.2) is 0 Å². The molecule has 10 heteroatoms. The normalized spacial score (nSPS) is 14.3. The third-order valence-electron chi connectivity index (χ3n) is 7.62. The van der Waals surface area contributed by atoms with E-state index in [-0.39, 0.29) is 23.4 Å². The van der Waals surface area contributed by atoms with Crippen molar-refractivity contribution in [3.05, 3.63) is 88.9 Å². The van der Waals surface area contributed by atoms with Crippen molar-refractivity contribution in [1.82, 2.24) is 10.2 Å². The number of halogens is 1. The SMILES string of the molecule is CC[C@H](C(=O)NC1CCCC1)N(Cc1cccc(OC)c1)C(=O)CN(c1cc(Cl)ccc1C)S(=O)(=O)c1ccccc1. The van der Waals surface area contributed by atoms with E-state index in [2.05, 4.69) is 5.32 Å². The number of sulfonamides is 1. The van der Waals surface area contributed by atoms with Crippen LogP contribution in [0.5, 0.6) is 5.75 Å². The molecular weight excluding hydrogens is 574 g/mol. The number of amides is 2. The Hall–Kier alpha value is -3.56. The largest absolute Gasteiger partial charge is 0.497 e. The summed E-state index contributed by atoms with van der Waals surface area (Å²) in [4.78, 5) is 29.4. The maximum Gasteiger partial charge on any atom is 0.264 e. The highest BCUT2D eigenvalue weighted by Crippen LogP contribution is 2.30. The number of rotatable bonds is 12. The third kappa shape index (κ3) is 7.44. The number of hydrogen-bond donors (Lipinski definition) is 1. The van der Waals surface area contributed by atoms with Gasteiger partial charge >= 0.3 is 0 Å². The molecule has 1 atom stereocenters. The van der Waals surface area contributed by atoms with Crippen LogP contribution in [0.2, 0.25) is 5.02 Å². The van der Waals surface area contributed by atoms with Gasteiger partial charge in [0.1, 0.15) is 18.3 Å². The van der Waals surface area contributed by atoms with Crippen molar-refractivity contribution in [2.75, 3.05) is 18.0 Å². The summed E-state index contributed by atoms with van der Waals surface area (Å²) >= 11 is 6.31. The Morgan fingerprint density at radius 3 is 2.40 bits per heavy atom. The highest BCUT2D eigenvalue weighted by Gasteiger charge is 2.35. The maximum absolute atomic E-state index is 14.3. The summed E-state index contributed by atoms with van der Waals surface area (Å²) < 4.78 is 34.5. The molecule has 0 unspecified atom stereocenters. The number of ether oxygens (including phenoxy) is 1. The lowest BCUT2D eigenvalue weighted by molar-refractivity contribution is -0.140. The van der Waals surface area contributed by atoms with Crippen LogP contribution in [0, 0.1) is 6.92 Å². The first kappa shape index (κ1) is 31.4. The molecule has 0 saturated heterocycles. The molecule has 1 fully saturated rings. The summed E-state index contributed by atoms with van der Waals surface area (Å²) in [6, 6.07) is 19.5. The second-order valence-corrected chi connectivity index (χ2v) is 12.8. The molecule has 1 aliphatic rings. The maximum atomic E-state index is 14.3. The van der Waals surface area contributed by atoms with E-state index in [1.54, 1.807) is 56.5 Å². The van der Waals surface area contributed by atoms with Crippen LogP contribution in [0.3, 0.4) is 0 Å². The molecule has 0 aromatic heterocycles. The van der Waals surface area contributed by atoms with E-state index in [1.807, 2.05) is 25.1 Å². The number of anilines is 1. The first-order valence-corrected chi connectivity index (χ1v) is 16.0. The molecule has 1 aliphatic carbocycles. The number of carbonyl (C=O) groups is 2. The Kier molecular flexibility index (Phi) is 10.5. The molecule has 4 rings (SSSR count). The number of hydrogen-bond acceptors (Lipinski definition) is 5. The minimum absolute atomic E-state index is 0.0440. The Balaban J connectivity index is 1.74. The Morgan fingerprint density at radius 2 is 1.74 bits per heavy atom. The van der Waals surface area contributed by atoms with E-state index in [1.165, 1.54) is 17.0 Å². The molecule has 8 nitrogen and oxygen atoms in total. The first-order valence-electron chi connectivity index (χ1n) is 14.2. The third-order valence-corrected chi connectivity index (χ3v) is 9.63. The van der Waals surface area contributed by atoms with Crippen molar-refractivity contribution in [3.63, 3.8) is 0 Å². The first-order chi connectivity index (χ1) is 20.1. The van der Waals surface area contributed by atoms with Gasteiger partial charge in [-0.05, 0) is 73.7 Å². The van der Waals surface area contributed by atoms with Gasteiger partial charge in [-0.3, -0.25) is 13.9 Å². The lowest BCUT2D eigenvalue weighted by Crippen LogP contribution is -2.53. The molecule has 0 heterocycles. The van der Waals surface area contributed by atoms with E-state index < -0.39 is 28.5 Å². The van der Waals surface area contributed by atoms with Gasteiger partial charge in [0.25, 0.3) is 10.0 Å². The van der Waals surface area contributed by atoms with Gasteiger partial charge in [-0.1, -0.05) is 67.8 Å². The van der Waals surface area contributed by atoms with E-state index >= 15 is 0 Å². The molecule has 1 saturated carbocycles. The molecule has 3 aromatic rings. The Labute approximate surface area is 253 Å². The molecule has 3 aromatic carbocycles. The monoisotopic (exact) mass is 611 g/mol. The van der Waals surface area contributed by atoms with Gasteiger partial charge in [-0.15, -0.1) is 0 Å². The number of aryl methyl sites for hydroxylation is 1. The molecule has 1 N–H and O–H groups in total. The number of benzene rings is 3. The van der Waals surface area contributed by atoms with Crippen LogP contribution in [-0.2, 0) is 26.2 Å². The van der Waals surface area contributed by atoms with Crippen molar-refractivity contribution >= 4 is 39.1 Å². The van der Waals surface area contributed by atoms with Crippen molar-refractivity contribution in [1.29, 1.82) is 0 Å². The molecule has 0 bridgehead atoms. The fourth-order valence-electron chi connectivity index (χ4n) is 5.34. The molecule has 42 heavy (non-hydrogen) atoms.